The van der Waals surface area contributed by atoms with Crippen LogP contribution >= 0.6 is 12.2 Å². The van der Waals surface area contributed by atoms with Crippen LogP contribution in [0.5, 0.6) is 0 Å². The monoisotopic (exact) mass is 514 g/mol. The quantitative estimate of drug-likeness (QED) is 0.450. The van der Waals surface area contributed by atoms with Gasteiger partial charge in [-0.2, -0.15) is 0 Å². The Kier molecular flexibility index (Phi) is 7.74. The van der Waals surface area contributed by atoms with Crippen LogP contribution in [-0.2, 0) is 16.0 Å². The first-order chi connectivity index (χ1) is 17.6. The maximum Gasteiger partial charge on any atom is 0.233 e. The minimum absolute atomic E-state index is 0.0153. The molecule has 10 heteroatoms. The van der Waals surface area contributed by atoms with Crippen molar-refractivity contribution in [3.8, 4) is 11.3 Å². The van der Waals surface area contributed by atoms with Gasteiger partial charge in [-0.05, 0) is 61.5 Å². The molecule has 5 rings (SSSR count). The zero-order valence-corrected chi connectivity index (χ0v) is 20.6. The van der Waals surface area contributed by atoms with E-state index in [-0.39, 0.29) is 17.7 Å². The SMILES string of the molecule is Fc1ccc(NC(=S)N(Cc2c(-c3ccccc3F)noc2N2CCOCC2)C[C@H]2CCCO2)cc1. The molecule has 1 atom stereocenters. The second-order valence-electron chi connectivity index (χ2n) is 8.85. The molecule has 3 heterocycles. The summed E-state index contributed by atoms with van der Waals surface area (Å²) in [6, 6.07) is 12.5. The summed E-state index contributed by atoms with van der Waals surface area (Å²) in [5.74, 6) is -0.117. The van der Waals surface area contributed by atoms with Crippen molar-refractivity contribution >= 4 is 28.9 Å². The van der Waals surface area contributed by atoms with Gasteiger partial charge < -0.3 is 29.1 Å². The Morgan fingerprint density at radius 3 is 2.58 bits per heavy atom. The van der Waals surface area contributed by atoms with E-state index in [0.29, 0.717) is 73.9 Å². The van der Waals surface area contributed by atoms with Crippen LogP contribution in [0.15, 0.2) is 53.1 Å². The lowest BCUT2D eigenvalue weighted by molar-refractivity contribution is 0.0904. The predicted octanol–water partition coefficient (Wildman–Crippen LogP) is 4.83. The largest absolute Gasteiger partial charge is 0.378 e. The van der Waals surface area contributed by atoms with Crippen LogP contribution in [0.2, 0.25) is 0 Å². The van der Waals surface area contributed by atoms with E-state index in [0.717, 1.165) is 18.4 Å². The number of nitrogens with zero attached hydrogens (tertiary/aromatic N) is 3. The summed E-state index contributed by atoms with van der Waals surface area (Å²) in [5.41, 5.74) is 2.22. The summed E-state index contributed by atoms with van der Waals surface area (Å²) < 4.78 is 45.5. The number of rotatable bonds is 7. The number of nitrogens with one attached hydrogen (secondary N) is 1. The van der Waals surface area contributed by atoms with E-state index in [1.165, 1.54) is 18.2 Å². The molecular weight excluding hydrogens is 486 g/mol. The fraction of sp³-hybridized carbons (Fsp3) is 0.385. The third-order valence-corrected chi connectivity index (χ3v) is 6.73. The lowest BCUT2D eigenvalue weighted by Crippen LogP contribution is -2.40. The molecule has 2 aliphatic rings. The second-order valence-corrected chi connectivity index (χ2v) is 9.23. The number of anilines is 2. The average Bonchev–Trinajstić information content (AvgIpc) is 3.56. The number of thiocarbonyl (C=S) groups is 1. The first-order valence-electron chi connectivity index (χ1n) is 12.1. The summed E-state index contributed by atoms with van der Waals surface area (Å²) in [4.78, 5) is 4.05. The number of aromatic nitrogens is 1. The number of hydrogen-bond acceptors (Lipinski definition) is 6. The highest BCUT2D eigenvalue weighted by Gasteiger charge is 2.29. The third kappa shape index (κ3) is 5.66. The summed E-state index contributed by atoms with van der Waals surface area (Å²) in [7, 11) is 0. The van der Waals surface area contributed by atoms with Gasteiger partial charge in [-0.3, -0.25) is 0 Å². The summed E-state index contributed by atoms with van der Waals surface area (Å²) in [5, 5.41) is 7.95. The van der Waals surface area contributed by atoms with Crippen LogP contribution in [0.3, 0.4) is 0 Å². The number of benzene rings is 2. The molecule has 7 nitrogen and oxygen atoms in total. The molecule has 0 unspecified atom stereocenters. The van der Waals surface area contributed by atoms with Gasteiger partial charge >= 0.3 is 0 Å². The molecule has 1 aromatic heterocycles. The van der Waals surface area contributed by atoms with Gasteiger partial charge in [0.25, 0.3) is 0 Å². The van der Waals surface area contributed by atoms with E-state index in [9.17, 15) is 8.78 Å². The molecule has 2 aromatic carbocycles. The van der Waals surface area contributed by atoms with E-state index in [4.69, 9.17) is 26.2 Å². The summed E-state index contributed by atoms with van der Waals surface area (Å²) in [6.45, 7) is 4.00. The van der Waals surface area contributed by atoms with Gasteiger partial charge in [0.15, 0.2) is 5.11 Å². The van der Waals surface area contributed by atoms with Gasteiger partial charge in [0.1, 0.15) is 17.3 Å². The Labute approximate surface area is 214 Å². The van der Waals surface area contributed by atoms with E-state index in [1.54, 1.807) is 30.3 Å². The molecule has 0 bridgehead atoms. The van der Waals surface area contributed by atoms with E-state index >= 15 is 0 Å². The highest BCUT2D eigenvalue weighted by atomic mass is 32.1. The van der Waals surface area contributed by atoms with Crippen molar-refractivity contribution in [2.45, 2.75) is 25.5 Å². The fourth-order valence-corrected chi connectivity index (χ4v) is 4.76. The minimum Gasteiger partial charge on any atom is -0.378 e. The van der Waals surface area contributed by atoms with Crippen molar-refractivity contribution in [1.82, 2.24) is 10.1 Å². The first-order valence-corrected chi connectivity index (χ1v) is 12.5. The van der Waals surface area contributed by atoms with Crippen LogP contribution in [-0.4, -0.2) is 60.7 Å². The van der Waals surface area contributed by atoms with Crippen molar-refractivity contribution < 1.29 is 22.8 Å². The molecule has 2 saturated heterocycles. The van der Waals surface area contributed by atoms with Crippen LogP contribution in [0.1, 0.15) is 18.4 Å². The minimum atomic E-state index is -0.377. The molecule has 0 radical (unpaired) electrons. The molecule has 0 aliphatic carbocycles. The van der Waals surface area contributed by atoms with Crippen LogP contribution in [0, 0.1) is 11.6 Å². The Balaban J connectivity index is 1.48. The third-order valence-electron chi connectivity index (χ3n) is 6.37. The average molecular weight is 515 g/mol. The number of ether oxygens (including phenoxy) is 2. The van der Waals surface area contributed by atoms with Crippen LogP contribution in [0.25, 0.3) is 11.3 Å². The molecule has 0 saturated carbocycles. The lowest BCUT2D eigenvalue weighted by Gasteiger charge is -2.30. The zero-order valence-electron chi connectivity index (χ0n) is 19.8. The molecule has 0 spiro atoms. The van der Waals surface area contributed by atoms with Gasteiger partial charge in [-0.1, -0.05) is 17.3 Å². The number of hydrogen-bond donors (Lipinski definition) is 1. The Bertz CT molecular complexity index is 1180. The van der Waals surface area contributed by atoms with Crippen molar-refractivity contribution in [2.75, 3.05) is 49.7 Å². The smallest absolute Gasteiger partial charge is 0.233 e. The Hall–Kier alpha value is -3.08. The first kappa shape index (κ1) is 24.6. The molecule has 2 aliphatic heterocycles. The van der Waals surface area contributed by atoms with Gasteiger partial charge in [0.2, 0.25) is 5.88 Å². The zero-order chi connectivity index (χ0) is 24.9. The van der Waals surface area contributed by atoms with E-state index < -0.39 is 0 Å². The normalized spacial score (nSPS) is 17.8. The Morgan fingerprint density at radius 1 is 1.08 bits per heavy atom. The highest BCUT2D eigenvalue weighted by molar-refractivity contribution is 7.80. The molecule has 3 aromatic rings. The molecule has 190 valence electrons. The summed E-state index contributed by atoms with van der Waals surface area (Å²) in [6.07, 6.45) is 1.93. The maximum atomic E-state index is 14.8. The van der Waals surface area contributed by atoms with Gasteiger partial charge in [-0.25, -0.2) is 8.78 Å². The topological polar surface area (TPSA) is 63.0 Å². The number of morpholine rings is 1. The summed E-state index contributed by atoms with van der Waals surface area (Å²) >= 11 is 5.79. The van der Waals surface area contributed by atoms with Gasteiger partial charge in [0, 0.05) is 37.5 Å². The van der Waals surface area contributed by atoms with Crippen molar-refractivity contribution in [3.63, 3.8) is 0 Å². The highest BCUT2D eigenvalue weighted by Crippen LogP contribution is 2.34. The molecule has 0 amide bonds. The molecule has 1 N–H and O–H groups in total. The lowest BCUT2D eigenvalue weighted by atomic mass is 10.1. The standard InChI is InChI=1S/C26H28F2N4O3S/c27-18-7-9-19(10-8-18)29-26(36)32(16-20-4-3-13-34-20)17-22-24(21-5-1-2-6-23(21)28)30-35-25(22)31-11-14-33-15-12-31/h1-2,5-10,20H,3-4,11-17H2,(H,29,36)/t20-/m1/s1. The van der Waals surface area contributed by atoms with Crippen LogP contribution < -0.4 is 10.2 Å². The van der Waals surface area contributed by atoms with Gasteiger partial charge in [-0.15, -0.1) is 0 Å². The maximum absolute atomic E-state index is 14.8. The van der Waals surface area contributed by atoms with E-state index in [2.05, 4.69) is 15.4 Å². The predicted molar refractivity (Wildman–Crippen MR) is 137 cm³/mol. The number of halogens is 2. The van der Waals surface area contributed by atoms with Gasteiger partial charge in [0.05, 0.1) is 31.4 Å². The van der Waals surface area contributed by atoms with Crippen LogP contribution in [0.4, 0.5) is 20.4 Å². The van der Waals surface area contributed by atoms with Crippen molar-refractivity contribution in [3.05, 3.63) is 65.7 Å². The second kappa shape index (κ2) is 11.3. The van der Waals surface area contributed by atoms with E-state index in [1.807, 2.05) is 4.90 Å². The Morgan fingerprint density at radius 2 is 1.86 bits per heavy atom. The van der Waals surface area contributed by atoms with Crippen molar-refractivity contribution in [2.24, 2.45) is 0 Å². The molecular formula is C26H28F2N4O3S. The van der Waals surface area contributed by atoms with Crippen molar-refractivity contribution in [1.29, 1.82) is 0 Å². The molecule has 36 heavy (non-hydrogen) atoms. The fourth-order valence-electron chi connectivity index (χ4n) is 4.50. The molecule has 2 fully saturated rings.